The molecule has 0 aromatic rings. The number of hydrogen-bond donors (Lipinski definition) is 1. The van der Waals surface area contributed by atoms with Crippen molar-refractivity contribution in [3.63, 3.8) is 0 Å². The molecule has 0 amide bonds. The maximum atomic E-state index is 12.3. The molecule has 1 aliphatic rings. The predicted octanol–water partition coefficient (Wildman–Crippen LogP) is 1.44. The van der Waals surface area contributed by atoms with Gasteiger partial charge in [-0.2, -0.15) is 0 Å². The lowest BCUT2D eigenvalue weighted by molar-refractivity contribution is 0.368. The fourth-order valence-corrected chi connectivity index (χ4v) is 4.31. The zero-order chi connectivity index (χ0) is 13.1. The summed E-state index contributed by atoms with van der Waals surface area (Å²) >= 11 is 0. The summed E-state index contributed by atoms with van der Waals surface area (Å²) in [6.07, 6.45) is 2.24. The highest BCUT2D eigenvalue weighted by Crippen LogP contribution is 2.19. The zero-order valence-electron chi connectivity index (χ0n) is 11.5. The van der Waals surface area contributed by atoms with Gasteiger partial charge in [-0.1, -0.05) is 27.7 Å². The Morgan fingerprint density at radius 2 is 2.00 bits per heavy atom. The van der Waals surface area contributed by atoms with E-state index in [4.69, 9.17) is 0 Å². The third kappa shape index (κ3) is 4.94. The largest absolute Gasteiger partial charge is 0.313 e. The summed E-state index contributed by atoms with van der Waals surface area (Å²) in [5, 5.41) is 3.35. The van der Waals surface area contributed by atoms with E-state index in [0.29, 0.717) is 19.1 Å². The van der Waals surface area contributed by atoms with Crippen molar-refractivity contribution in [2.45, 2.75) is 46.6 Å². The molecule has 1 fully saturated rings. The Balaban J connectivity index is 2.64. The van der Waals surface area contributed by atoms with Crippen LogP contribution in [-0.4, -0.2) is 44.2 Å². The van der Waals surface area contributed by atoms with Crippen molar-refractivity contribution in [1.29, 1.82) is 0 Å². The number of hydrogen-bond acceptors (Lipinski definition) is 3. The van der Waals surface area contributed by atoms with Gasteiger partial charge < -0.3 is 5.32 Å². The van der Waals surface area contributed by atoms with Crippen molar-refractivity contribution in [3.05, 3.63) is 0 Å². The molecule has 0 spiro atoms. The molecule has 0 bridgehead atoms. The summed E-state index contributed by atoms with van der Waals surface area (Å²) in [5.74, 6) is 0.223. The molecule has 4 nitrogen and oxygen atoms in total. The molecule has 1 rings (SSSR count). The Morgan fingerprint density at radius 3 is 2.41 bits per heavy atom. The van der Waals surface area contributed by atoms with Crippen LogP contribution in [0.1, 0.15) is 40.5 Å². The lowest BCUT2D eigenvalue weighted by Gasteiger charge is -2.27. The van der Waals surface area contributed by atoms with E-state index in [9.17, 15) is 8.42 Å². The lowest BCUT2D eigenvalue weighted by atomic mass is 10.0. The van der Waals surface area contributed by atoms with Gasteiger partial charge in [-0.15, -0.1) is 0 Å². The average Bonchev–Trinajstić information content (AvgIpc) is 2.61. The highest BCUT2D eigenvalue weighted by molar-refractivity contribution is 7.89. The Bertz CT molecular complexity index is 327. The molecular formula is C12H26N2O2S. The standard InChI is InChI=1S/C12H26N2O2S/c1-5-14(9-11-7-6-8-13-11)17(15,16)10-12(2,3)4/h11,13H,5-10H2,1-4H3. The van der Waals surface area contributed by atoms with Gasteiger partial charge in [0.05, 0.1) is 5.75 Å². The molecule has 1 heterocycles. The molecule has 1 atom stereocenters. The van der Waals surface area contributed by atoms with E-state index in [1.807, 2.05) is 27.7 Å². The van der Waals surface area contributed by atoms with Crippen molar-refractivity contribution >= 4 is 10.0 Å². The summed E-state index contributed by atoms with van der Waals surface area (Å²) in [6.45, 7) is 10.0. The smallest absolute Gasteiger partial charge is 0.214 e. The van der Waals surface area contributed by atoms with Crippen molar-refractivity contribution in [2.24, 2.45) is 5.41 Å². The summed E-state index contributed by atoms with van der Waals surface area (Å²) in [7, 11) is -3.12. The van der Waals surface area contributed by atoms with Gasteiger partial charge in [-0.3, -0.25) is 0 Å². The first-order chi connectivity index (χ1) is 7.74. The van der Waals surface area contributed by atoms with E-state index in [0.717, 1.165) is 19.4 Å². The van der Waals surface area contributed by atoms with E-state index in [2.05, 4.69) is 5.32 Å². The third-order valence-electron chi connectivity index (χ3n) is 2.95. The Kier molecular flexibility index (Phi) is 4.98. The molecule has 5 heteroatoms. The maximum Gasteiger partial charge on any atom is 0.214 e. The van der Waals surface area contributed by atoms with Gasteiger partial charge in [0.1, 0.15) is 0 Å². The molecule has 102 valence electrons. The second-order valence-corrected chi connectivity index (χ2v) is 8.03. The molecule has 0 aromatic heterocycles. The van der Waals surface area contributed by atoms with Crippen LogP contribution >= 0.6 is 0 Å². The number of rotatable bonds is 5. The molecule has 1 unspecified atom stereocenters. The van der Waals surface area contributed by atoms with Crippen LogP contribution in [0.5, 0.6) is 0 Å². The van der Waals surface area contributed by atoms with Crippen molar-refractivity contribution < 1.29 is 8.42 Å². The average molecular weight is 262 g/mol. The van der Waals surface area contributed by atoms with Crippen LogP contribution in [-0.2, 0) is 10.0 Å². The summed E-state index contributed by atoms with van der Waals surface area (Å²) < 4.78 is 26.2. The molecule has 0 aromatic carbocycles. The van der Waals surface area contributed by atoms with E-state index >= 15 is 0 Å². The summed E-state index contributed by atoms with van der Waals surface area (Å²) in [6, 6.07) is 0.338. The van der Waals surface area contributed by atoms with Crippen LogP contribution in [0.2, 0.25) is 0 Å². The monoisotopic (exact) mass is 262 g/mol. The van der Waals surface area contributed by atoms with Crippen LogP contribution in [0.25, 0.3) is 0 Å². The van der Waals surface area contributed by atoms with Crippen molar-refractivity contribution in [2.75, 3.05) is 25.4 Å². The quantitative estimate of drug-likeness (QED) is 0.815. The molecule has 1 saturated heterocycles. The fourth-order valence-electron chi connectivity index (χ4n) is 2.24. The van der Waals surface area contributed by atoms with Crippen molar-refractivity contribution in [3.8, 4) is 0 Å². The lowest BCUT2D eigenvalue weighted by Crippen LogP contribution is -2.43. The Morgan fingerprint density at radius 1 is 1.35 bits per heavy atom. The van der Waals surface area contributed by atoms with Gasteiger partial charge in [-0.05, 0) is 24.8 Å². The van der Waals surface area contributed by atoms with Gasteiger partial charge in [0.2, 0.25) is 10.0 Å². The summed E-state index contributed by atoms with van der Waals surface area (Å²) in [4.78, 5) is 0. The first-order valence-corrected chi connectivity index (χ1v) is 8.07. The van der Waals surface area contributed by atoms with Crippen LogP contribution < -0.4 is 5.32 Å². The first kappa shape index (κ1) is 14.9. The SMILES string of the molecule is CCN(CC1CCCN1)S(=O)(=O)CC(C)(C)C. The molecule has 0 aliphatic carbocycles. The second kappa shape index (κ2) is 5.67. The number of likely N-dealkylation sites (N-methyl/N-ethyl adjacent to an activating group) is 1. The Hall–Kier alpha value is -0.130. The van der Waals surface area contributed by atoms with Crippen molar-refractivity contribution in [1.82, 2.24) is 9.62 Å². The second-order valence-electron chi connectivity index (χ2n) is 6.06. The van der Waals surface area contributed by atoms with Gasteiger partial charge in [0.15, 0.2) is 0 Å². The molecular weight excluding hydrogens is 236 g/mol. The van der Waals surface area contributed by atoms with Gasteiger partial charge in [0.25, 0.3) is 0 Å². The van der Waals surface area contributed by atoms with Gasteiger partial charge >= 0.3 is 0 Å². The highest BCUT2D eigenvalue weighted by atomic mass is 32.2. The zero-order valence-corrected chi connectivity index (χ0v) is 12.3. The maximum absolute atomic E-state index is 12.3. The van der Waals surface area contributed by atoms with E-state index < -0.39 is 10.0 Å². The minimum absolute atomic E-state index is 0.185. The normalized spacial score (nSPS) is 22.3. The molecule has 0 saturated carbocycles. The van der Waals surface area contributed by atoms with E-state index in [-0.39, 0.29) is 11.2 Å². The molecule has 17 heavy (non-hydrogen) atoms. The number of nitrogens with zero attached hydrogens (tertiary/aromatic N) is 1. The first-order valence-electron chi connectivity index (χ1n) is 6.46. The highest BCUT2D eigenvalue weighted by Gasteiger charge is 2.29. The third-order valence-corrected chi connectivity index (χ3v) is 5.37. The minimum atomic E-state index is -3.12. The van der Waals surface area contributed by atoms with Crippen LogP contribution in [0.3, 0.4) is 0 Å². The summed E-state index contributed by atoms with van der Waals surface area (Å²) in [5.41, 5.74) is -0.185. The van der Waals surface area contributed by atoms with Crippen LogP contribution in [0.15, 0.2) is 0 Å². The molecule has 0 radical (unpaired) electrons. The molecule has 1 N–H and O–H groups in total. The number of nitrogens with one attached hydrogen (secondary N) is 1. The fraction of sp³-hybridized carbons (Fsp3) is 1.00. The van der Waals surface area contributed by atoms with E-state index in [1.165, 1.54) is 0 Å². The van der Waals surface area contributed by atoms with E-state index in [1.54, 1.807) is 4.31 Å². The van der Waals surface area contributed by atoms with Gasteiger partial charge in [-0.25, -0.2) is 12.7 Å². The van der Waals surface area contributed by atoms with Crippen LogP contribution in [0, 0.1) is 5.41 Å². The Labute approximate surface area is 106 Å². The predicted molar refractivity (Wildman–Crippen MR) is 71.5 cm³/mol. The number of sulfonamides is 1. The topological polar surface area (TPSA) is 49.4 Å². The van der Waals surface area contributed by atoms with Gasteiger partial charge in [0, 0.05) is 19.1 Å². The minimum Gasteiger partial charge on any atom is -0.313 e. The molecule has 1 aliphatic heterocycles. The van der Waals surface area contributed by atoms with Crippen LogP contribution in [0.4, 0.5) is 0 Å².